The van der Waals surface area contributed by atoms with Crippen molar-refractivity contribution in [2.45, 2.75) is 27.2 Å². The standard InChI is InChI=1S/C14H18/c1-5-13(11(2)3)10-14-9-7-6-8-12(14)4/h6-10H,2,5H2,1,3-4H3/b13-10+. The van der Waals surface area contributed by atoms with Crippen LogP contribution in [0.15, 0.2) is 42.0 Å². The van der Waals surface area contributed by atoms with Crippen LogP contribution in [0.5, 0.6) is 0 Å². The first-order chi connectivity index (χ1) is 6.65. The Balaban J connectivity index is 3.07. The van der Waals surface area contributed by atoms with Crippen LogP contribution in [0.2, 0.25) is 0 Å². The van der Waals surface area contributed by atoms with Gasteiger partial charge in [-0.1, -0.05) is 49.4 Å². The molecule has 0 amide bonds. The normalized spacial score (nSPS) is 11.5. The molecule has 0 aliphatic rings. The maximum atomic E-state index is 3.98. The lowest BCUT2D eigenvalue weighted by atomic mass is 10.0. The Labute approximate surface area is 87.0 Å². The maximum Gasteiger partial charge on any atom is -0.0225 e. The third-order valence-electron chi connectivity index (χ3n) is 2.45. The quantitative estimate of drug-likeness (QED) is 0.615. The van der Waals surface area contributed by atoms with E-state index in [1.807, 2.05) is 0 Å². The molecular weight excluding hydrogens is 168 g/mol. The zero-order valence-electron chi connectivity index (χ0n) is 9.30. The van der Waals surface area contributed by atoms with Gasteiger partial charge in [0.15, 0.2) is 0 Å². The second-order valence-corrected chi connectivity index (χ2v) is 3.66. The number of benzene rings is 1. The van der Waals surface area contributed by atoms with E-state index in [2.05, 4.69) is 57.7 Å². The molecular formula is C14H18. The van der Waals surface area contributed by atoms with E-state index in [1.165, 1.54) is 16.7 Å². The Morgan fingerprint density at radius 2 is 2.00 bits per heavy atom. The minimum absolute atomic E-state index is 1.05. The fourth-order valence-electron chi connectivity index (χ4n) is 1.46. The van der Waals surface area contributed by atoms with Crippen LogP contribution < -0.4 is 0 Å². The molecule has 0 saturated heterocycles. The lowest BCUT2D eigenvalue weighted by molar-refractivity contribution is 1.12. The first-order valence-corrected chi connectivity index (χ1v) is 5.07. The van der Waals surface area contributed by atoms with Gasteiger partial charge in [0.25, 0.3) is 0 Å². The summed E-state index contributed by atoms with van der Waals surface area (Å²) in [5.74, 6) is 0. The van der Waals surface area contributed by atoms with Crippen LogP contribution in [-0.2, 0) is 0 Å². The summed E-state index contributed by atoms with van der Waals surface area (Å²) in [4.78, 5) is 0. The molecule has 0 spiro atoms. The van der Waals surface area contributed by atoms with Crippen LogP contribution in [0.1, 0.15) is 31.4 Å². The lowest BCUT2D eigenvalue weighted by Crippen LogP contribution is -1.85. The van der Waals surface area contributed by atoms with Crippen molar-refractivity contribution in [1.29, 1.82) is 0 Å². The third-order valence-corrected chi connectivity index (χ3v) is 2.45. The summed E-state index contributed by atoms with van der Waals surface area (Å²) in [5.41, 5.74) is 5.11. The van der Waals surface area contributed by atoms with Crippen molar-refractivity contribution < 1.29 is 0 Å². The molecule has 0 saturated carbocycles. The second-order valence-electron chi connectivity index (χ2n) is 3.66. The summed E-state index contributed by atoms with van der Waals surface area (Å²) < 4.78 is 0. The largest absolute Gasteiger partial charge is 0.0958 e. The van der Waals surface area contributed by atoms with Crippen molar-refractivity contribution >= 4 is 6.08 Å². The number of rotatable bonds is 3. The van der Waals surface area contributed by atoms with Gasteiger partial charge in [0.1, 0.15) is 0 Å². The zero-order valence-corrected chi connectivity index (χ0v) is 9.30. The van der Waals surface area contributed by atoms with Crippen molar-refractivity contribution in [1.82, 2.24) is 0 Å². The zero-order chi connectivity index (χ0) is 10.6. The van der Waals surface area contributed by atoms with Crippen LogP contribution >= 0.6 is 0 Å². The van der Waals surface area contributed by atoms with E-state index in [0.717, 1.165) is 12.0 Å². The summed E-state index contributed by atoms with van der Waals surface area (Å²) in [6, 6.07) is 8.43. The molecule has 74 valence electrons. The first kappa shape index (κ1) is 10.8. The Hall–Kier alpha value is -1.30. The molecule has 0 aliphatic heterocycles. The van der Waals surface area contributed by atoms with Crippen LogP contribution in [-0.4, -0.2) is 0 Å². The SMILES string of the molecule is C=C(C)/C(=C/c1ccccc1C)CC. The van der Waals surface area contributed by atoms with E-state index in [-0.39, 0.29) is 0 Å². The lowest BCUT2D eigenvalue weighted by Gasteiger charge is -2.05. The number of hydrogen-bond acceptors (Lipinski definition) is 0. The third kappa shape index (κ3) is 2.59. The minimum Gasteiger partial charge on any atom is -0.0958 e. The van der Waals surface area contributed by atoms with Gasteiger partial charge in [0.05, 0.1) is 0 Å². The summed E-state index contributed by atoms with van der Waals surface area (Å²) in [7, 11) is 0. The van der Waals surface area contributed by atoms with Gasteiger partial charge < -0.3 is 0 Å². The molecule has 0 fully saturated rings. The molecule has 0 bridgehead atoms. The Morgan fingerprint density at radius 3 is 2.50 bits per heavy atom. The van der Waals surface area contributed by atoms with Crippen molar-refractivity contribution in [2.24, 2.45) is 0 Å². The molecule has 1 aromatic rings. The highest BCUT2D eigenvalue weighted by Gasteiger charge is 1.97. The van der Waals surface area contributed by atoms with Crippen molar-refractivity contribution in [3.8, 4) is 0 Å². The fraction of sp³-hybridized carbons (Fsp3) is 0.286. The van der Waals surface area contributed by atoms with Gasteiger partial charge in [-0.3, -0.25) is 0 Å². The summed E-state index contributed by atoms with van der Waals surface area (Å²) in [6.07, 6.45) is 3.28. The summed E-state index contributed by atoms with van der Waals surface area (Å²) in [6.45, 7) is 10.3. The molecule has 0 N–H and O–H groups in total. The van der Waals surface area contributed by atoms with Gasteiger partial charge >= 0.3 is 0 Å². The molecule has 14 heavy (non-hydrogen) atoms. The summed E-state index contributed by atoms with van der Waals surface area (Å²) >= 11 is 0. The predicted octanol–water partition coefficient (Wildman–Crippen LogP) is 4.36. The first-order valence-electron chi connectivity index (χ1n) is 5.07. The summed E-state index contributed by atoms with van der Waals surface area (Å²) in [5, 5.41) is 0. The van der Waals surface area contributed by atoms with Gasteiger partial charge in [-0.25, -0.2) is 0 Å². The van der Waals surface area contributed by atoms with Crippen LogP contribution in [0, 0.1) is 6.92 Å². The Kier molecular flexibility index (Phi) is 3.70. The number of aryl methyl sites for hydroxylation is 1. The molecule has 0 aromatic heterocycles. The second kappa shape index (κ2) is 4.80. The van der Waals surface area contributed by atoms with Crippen LogP contribution in [0.4, 0.5) is 0 Å². The van der Waals surface area contributed by atoms with E-state index in [1.54, 1.807) is 0 Å². The van der Waals surface area contributed by atoms with Gasteiger partial charge in [0, 0.05) is 0 Å². The Bertz CT molecular complexity index is 356. The number of hydrogen-bond donors (Lipinski definition) is 0. The molecule has 1 aromatic carbocycles. The van der Waals surface area contributed by atoms with E-state index in [9.17, 15) is 0 Å². The highest BCUT2D eigenvalue weighted by molar-refractivity contribution is 5.60. The molecule has 1 rings (SSSR count). The smallest absolute Gasteiger partial charge is 0.0225 e. The number of allylic oxidation sites excluding steroid dienone is 2. The molecule has 0 heterocycles. The van der Waals surface area contributed by atoms with Crippen LogP contribution in [0.25, 0.3) is 6.08 Å². The molecule has 0 radical (unpaired) electrons. The topological polar surface area (TPSA) is 0 Å². The van der Waals surface area contributed by atoms with Gasteiger partial charge in [-0.05, 0) is 37.0 Å². The highest BCUT2D eigenvalue weighted by Crippen LogP contribution is 2.18. The average Bonchev–Trinajstić information content (AvgIpc) is 2.16. The molecule has 0 nitrogen and oxygen atoms in total. The van der Waals surface area contributed by atoms with E-state index < -0.39 is 0 Å². The highest BCUT2D eigenvalue weighted by atomic mass is 14.0. The molecule has 0 atom stereocenters. The van der Waals surface area contributed by atoms with Gasteiger partial charge in [0.2, 0.25) is 0 Å². The van der Waals surface area contributed by atoms with Gasteiger partial charge in [-0.2, -0.15) is 0 Å². The van der Waals surface area contributed by atoms with E-state index in [0.29, 0.717) is 0 Å². The van der Waals surface area contributed by atoms with E-state index >= 15 is 0 Å². The maximum absolute atomic E-state index is 3.98. The van der Waals surface area contributed by atoms with Crippen LogP contribution in [0.3, 0.4) is 0 Å². The molecule has 0 heteroatoms. The molecule has 0 unspecified atom stereocenters. The van der Waals surface area contributed by atoms with Crippen molar-refractivity contribution in [2.75, 3.05) is 0 Å². The molecule has 0 aliphatic carbocycles. The Morgan fingerprint density at radius 1 is 1.36 bits per heavy atom. The fourth-order valence-corrected chi connectivity index (χ4v) is 1.46. The van der Waals surface area contributed by atoms with E-state index in [4.69, 9.17) is 0 Å². The average molecular weight is 186 g/mol. The van der Waals surface area contributed by atoms with Gasteiger partial charge in [-0.15, -0.1) is 0 Å². The monoisotopic (exact) mass is 186 g/mol. The van der Waals surface area contributed by atoms with Crippen molar-refractivity contribution in [3.63, 3.8) is 0 Å². The predicted molar refractivity (Wildman–Crippen MR) is 64.3 cm³/mol. The minimum atomic E-state index is 1.05. The van der Waals surface area contributed by atoms with Crippen molar-refractivity contribution in [3.05, 3.63) is 53.1 Å².